The second-order valence-electron chi connectivity index (χ2n) is 8.67. The van der Waals surface area contributed by atoms with E-state index in [1.165, 1.54) is 0 Å². The van der Waals surface area contributed by atoms with Crippen LogP contribution in [0.5, 0.6) is 5.75 Å². The van der Waals surface area contributed by atoms with E-state index in [9.17, 15) is 10.1 Å². The van der Waals surface area contributed by atoms with Gasteiger partial charge in [0.2, 0.25) is 0 Å². The van der Waals surface area contributed by atoms with Crippen molar-refractivity contribution >= 4 is 11.5 Å². The number of carbonyl (C=O) groups is 1. The standard InChI is InChI=1S/C28H31N3O2/c1-5-31(6-2)22-11-7-20(8-12-22)27-24(17-29)18(3)30-25-15-21(16-26(32)28(25)27)19-9-13-23(33-4)14-10-19/h7-14,21,27,30H,5-6,15-16H2,1-4H3/t21-,27+/m1/s1. The average Bonchev–Trinajstić information content (AvgIpc) is 2.84. The van der Waals surface area contributed by atoms with Crippen molar-refractivity contribution in [2.75, 3.05) is 25.1 Å². The van der Waals surface area contributed by atoms with Crippen LogP contribution in [0.2, 0.25) is 0 Å². The summed E-state index contributed by atoms with van der Waals surface area (Å²) in [5.74, 6) is 0.711. The number of rotatable bonds is 6. The molecule has 4 rings (SSSR count). The van der Waals surface area contributed by atoms with Crippen LogP contribution in [-0.4, -0.2) is 26.0 Å². The van der Waals surface area contributed by atoms with Crippen molar-refractivity contribution < 1.29 is 9.53 Å². The van der Waals surface area contributed by atoms with Crippen molar-refractivity contribution in [2.24, 2.45) is 0 Å². The molecule has 0 fully saturated rings. The number of nitrogens with zero attached hydrogens (tertiary/aromatic N) is 2. The van der Waals surface area contributed by atoms with Crippen LogP contribution >= 0.6 is 0 Å². The van der Waals surface area contributed by atoms with Gasteiger partial charge in [-0.15, -0.1) is 0 Å². The summed E-state index contributed by atoms with van der Waals surface area (Å²) in [7, 11) is 1.65. The number of ketones is 1. The molecule has 1 aliphatic carbocycles. The first kappa shape index (κ1) is 22.7. The normalized spacial score (nSPS) is 20.2. The minimum absolute atomic E-state index is 0.108. The summed E-state index contributed by atoms with van der Waals surface area (Å²) in [5.41, 5.74) is 6.43. The van der Waals surface area contributed by atoms with Crippen molar-refractivity contribution in [3.8, 4) is 11.8 Å². The van der Waals surface area contributed by atoms with Gasteiger partial charge in [0.1, 0.15) is 5.75 Å². The van der Waals surface area contributed by atoms with Crippen LogP contribution in [-0.2, 0) is 4.79 Å². The first-order valence-electron chi connectivity index (χ1n) is 11.6. The van der Waals surface area contributed by atoms with Crippen LogP contribution in [0.3, 0.4) is 0 Å². The predicted molar refractivity (Wildman–Crippen MR) is 131 cm³/mol. The number of ether oxygens (including phenoxy) is 1. The number of nitriles is 1. The second kappa shape index (κ2) is 9.54. The summed E-state index contributed by atoms with van der Waals surface area (Å²) in [6.07, 6.45) is 1.19. The molecular weight excluding hydrogens is 410 g/mol. The summed E-state index contributed by atoms with van der Waals surface area (Å²) >= 11 is 0. The molecule has 0 unspecified atom stereocenters. The fourth-order valence-corrected chi connectivity index (χ4v) is 5.10. The predicted octanol–water partition coefficient (Wildman–Crippen LogP) is 5.43. The molecule has 5 nitrogen and oxygen atoms in total. The highest BCUT2D eigenvalue weighted by atomic mass is 16.5. The molecule has 0 saturated carbocycles. The van der Waals surface area contributed by atoms with Gasteiger partial charge < -0.3 is 15.0 Å². The number of hydrogen-bond acceptors (Lipinski definition) is 5. The first-order valence-corrected chi connectivity index (χ1v) is 11.6. The van der Waals surface area contributed by atoms with E-state index in [1.54, 1.807) is 7.11 Å². The zero-order valence-electron chi connectivity index (χ0n) is 19.8. The highest BCUT2D eigenvalue weighted by molar-refractivity contribution is 6.00. The Morgan fingerprint density at radius 2 is 1.67 bits per heavy atom. The maximum absolute atomic E-state index is 13.5. The number of allylic oxidation sites excluding steroid dienone is 4. The molecular formula is C28H31N3O2. The van der Waals surface area contributed by atoms with Crippen molar-refractivity contribution in [3.05, 3.63) is 82.2 Å². The molecule has 0 saturated heterocycles. The van der Waals surface area contributed by atoms with Crippen LogP contribution in [0.1, 0.15) is 56.6 Å². The van der Waals surface area contributed by atoms with E-state index in [2.05, 4.69) is 54.4 Å². The monoisotopic (exact) mass is 441 g/mol. The van der Waals surface area contributed by atoms with E-state index in [4.69, 9.17) is 4.74 Å². The first-order chi connectivity index (χ1) is 16.0. The molecule has 2 aromatic carbocycles. The van der Waals surface area contributed by atoms with E-state index in [1.807, 2.05) is 31.2 Å². The van der Waals surface area contributed by atoms with E-state index in [0.717, 1.165) is 59.0 Å². The van der Waals surface area contributed by atoms with E-state index >= 15 is 0 Å². The van der Waals surface area contributed by atoms with Crippen LogP contribution in [0.25, 0.3) is 0 Å². The fraction of sp³-hybridized carbons (Fsp3) is 0.357. The van der Waals surface area contributed by atoms with E-state index in [0.29, 0.717) is 12.0 Å². The summed E-state index contributed by atoms with van der Waals surface area (Å²) in [5, 5.41) is 13.4. The lowest BCUT2D eigenvalue weighted by molar-refractivity contribution is -0.116. The van der Waals surface area contributed by atoms with Crippen LogP contribution < -0.4 is 15.0 Å². The Kier molecular flexibility index (Phi) is 6.55. The Hall–Kier alpha value is -3.52. The highest BCUT2D eigenvalue weighted by Crippen LogP contribution is 2.45. The summed E-state index contributed by atoms with van der Waals surface area (Å²) in [6.45, 7) is 8.09. The number of nitrogens with one attached hydrogen (secondary N) is 1. The molecule has 2 atom stereocenters. The minimum Gasteiger partial charge on any atom is -0.497 e. The Morgan fingerprint density at radius 1 is 1.03 bits per heavy atom. The highest BCUT2D eigenvalue weighted by Gasteiger charge is 2.38. The summed E-state index contributed by atoms with van der Waals surface area (Å²) in [6, 6.07) is 18.7. The molecule has 0 radical (unpaired) electrons. The zero-order chi connectivity index (χ0) is 23.5. The van der Waals surface area contributed by atoms with E-state index in [-0.39, 0.29) is 17.6 Å². The van der Waals surface area contributed by atoms with Crippen molar-refractivity contribution in [1.29, 1.82) is 5.26 Å². The molecule has 2 aromatic rings. The number of anilines is 1. The maximum atomic E-state index is 13.5. The van der Waals surface area contributed by atoms with Gasteiger partial charge in [-0.25, -0.2) is 0 Å². The quantitative estimate of drug-likeness (QED) is 0.648. The molecule has 33 heavy (non-hydrogen) atoms. The Bertz CT molecular complexity index is 1130. The SMILES string of the molecule is CCN(CC)c1ccc([C@H]2C(C#N)=C(C)NC3=C2C(=O)C[C@H](c2ccc(OC)cc2)C3)cc1. The van der Waals surface area contributed by atoms with Gasteiger partial charge in [-0.1, -0.05) is 24.3 Å². The molecule has 1 N–H and O–H groups in total. The lowest BCUT2D eigenvalue weighted by Crippen LogP contribution is -2.33. The number of Topliss-reactive ketones (excluding diaryl/α,β-unsaturated/α-hetero) is 1. The Labute approximate surface area is 196 Å². The van der Waals surface area contributed by atoms with Gasteiger partial charge in [0.15, 0.2) is 5.78 Å². The lowest BCUT2D eigenvalue weighted by atomic mass is 9.72. The maximum Gasteiger partial charge on any atom is 0.162 e. The largest absolute Gasteiger partial charge is 0.497 e. The molecule has 0 amide bonds. The molecule has 0 spiro atoms. The minimum atomic E-state index is -0.318. The van der Waals surface area contributed by atoms with Gasteiger partial charge in [-0.3, -0.25) is 4.79 Å². The smallest absolute Gasteiger partial charge is 0.162 e. The van der Waals surface area contributed by atoms with Gasteiger partial charge in [-0.05, 0) is 68.5 Å². The lowest BCUT2D eigenvalue weighted by Gasteiger charge is -2.36. The molecule has 0 aromatic heterocycles. The Balaban J connectivity index is 1.70. The molecule has 170 valence electrons. The fourth-order valence-electron chi connectivity index (χ4n) is 5.10. The summed E-state index contributed by atoms with van der Waals surface area (Å²) in [4.78, 5) is 15.8. The van der Waals surface area contributed by atoms with E-state index < -0.39 is 0 Å². The molecule has 0 bridgehead atoms. The Morgan fingerprint density at radius 3 is 2.24 bits per heavy atom. The third-order valence-corrected chi connectivity index (χ3v) is 6.89. The van der Waals surface area contributed by atoms with Gasteiger partial charge in [0.05, 0.1) is 24.7 Å². The third-order valence-electron chi connectivity index (χ3n) is 6.89. The third kappa shape index (κ3) is 4.26. The van der Waals surface area contributed by atoms with Crippen molar-refractivity contribution in [2.45, 2.75) is 45.4 Å². The average molecular weight is 442 g/mol. The van der Waals surface area contributed by atoms with Crippen molar-refractivity contribution in [3.63, 3.8) is 0 Å². The molecule has 5 heteroatoms. The number of methoxy groups -OCH3 is 1. The van der Waals surface area contributed by atoms with Crippen LogP contribution in [0, 0.1) is 11.3 Å². The van der Waals surface area contributed by atoms with Gasteiger partial charge in [-0.2, -0.15) is 5.26 Å². The number of benzene rings is 2. The van der Waals surface area contributed by atoms with Crippen molar-refractivity contribution in [1.82, 2.24) is 5.32 Å². The topological polar surface area (TPSA) is 65.4 Å². The summed E-state index contributed by atoms with van der Waals surface area (Å²) < 4.78 is 5.27. The second-order valence-corrected chi connectivity index (χ2v) is 8.67. The molecule has 1 heterocycles. The number of hydrogen-bond donors (Lipinski definition) is 1. The van der Waals surface area contributed by atoms with Gasteiger partial charge >= 0.3 is 0 Å². The molecule has 2 aliphatic rings. The van der Waals surface area contributed by atoms with Gasteiger partial charge in [0.25, 0.3) is 0 Å². The number of carbonyl (C=O) groups excluding carboxylic acids is 1. The van der Waals surface area contributed by atoms with Gasteiger partial charge in [0, 0.05) is 42.2 Å². The van der Waals surface area contributed by atoms with Crippen LogP contribution in [0.15, 0.2) is 71.1 Å². The number of dihydropyridines is 1. The van der Waals surface area contributed by atoms with Crippen LogP contribution in [0.4, 0.5) is 5.69 Å². The zero-order valence-corrected chi connectivity index (χ0v) is 19.8. The molecule has 1 aliphatic heterocycles.